The molecule has 1 amide bonds. The fourth-order valence-corrected chi connectivity index (χ4v) is 3.60. The highest BCUT2D eigenvalue weighted by molar-refractivity contribution is 5.96. The Morgan fingerprint density at radius 3 is 2.51 bits per heavy atom. The van der Waals surface area contributed by atoms with E-state index in [0.717, 1.165) is 28.3 Å². The summed E-state index contributed by atoms with van der Waals surface area (Å²) >= 11 is 0. The van der Waals surface area contributed by atoms with Crippen LogP contribution in [0.15, 0.2) is 67.0 Å². The summed E-state index contributed by atoms with van der Waals surface area (Å²) in [6.07, 6.45) is -1.18. The van der Waals surface area contributed by atoms with Crippen LogP contribution in [0.1, 0.15) is 17.5 Å². The van der Waals surface area contributed by atoms with Crippen LogP contribution in [0.25, 0.3) is 0 Å². The zero-order chi connectivity index (χ0) is 27.0. The van der Waals surface area contributed by atoms with Crippen molar-refractivity contribution in [2.45, 2.75) is 32.1 Å². The van der Waals surface area contributed by atoms with Gasteiger partial charge in [-0.25, -0.2) is 4.79 Å². The number of carbonyl (C=O) groups excluding carboxylic acids is 1. The van der Waals surface area contributed by atoms with Crippen molar-refractivity contribution in [3.63, 3.8) is 0 Å². The zero-order valence-electron chi connectivity index (χ0n) is 20.2. The molecule has 2 N–H and O–H groups in total. The highest BCUT2D eigenvalue weighted by Gasteiger charge is 2.38. The molecule has 0 saturated carbocycles. The van der Waals surface area contributed by atoms with E-state index in [1.807, 2.05) is 60.4 Å². The molecule has 1 fully saturated rings. The van der Waals surface area contributed by atoms with Crippen LogP contribution >= 0.6 is 0 Å². The van der Waals surface area contributed by atoms with Gasteiger partial charge >= 0.3 is 12.1 Å². The number of anilines is 1. The van der Waals surface area contributed by atoms with Gasteiger partial charge in [0.15, 0.2) is 0 Å². The van der Waals surface area contributed by atoms with Gasteiger partial charge in [0.05, 0.1) is 13.3 Å². The van der Waals surface area contributed by atoms with Crippen molar-refractivity contribution in [1.82, 2.24) is 10.3 Å². The van der Waals surface area contributed by atoms with E-state index in [1.54, 1.807) is 19.5 Å². The first-order valence-electron chi connectivity index (χ1n) is 11.2. The van der Waals surface area contributed by atoms with Crippen molar-refractivity contribution >= 4 is 17.6 Å². The molecule has 11 heteroatoms. The topological polar surface area (TPSA) is 101 Å². The number of aliphatic carboxylic acids is 1. The first-order chi connectivity index (χ1) is 17.6. The number of carboxylic acids is 1. The molecule has 1 saturated heterocycles. The molecule has 1 atom stereocenters. The van der Waals surface area contributed by atoms with E-state index >= 15 is 0 Å². The van der Waals surface area contributed by atoms with Gasteiger partial charge < -0.3 is 24.8 Å². The second-order valence-electron chi connectivity index (χ2n) is 8.18. The maximum absolute atomic E-state index is 12.5. The predicted molar refractivity (Wildman–Crippen MR) is 130 cm³/mol. The predicted octanol–water partition coefficient (Wildman–Crippen LogP) is 4.72. The van der Waals surface area contributed by atoms with E-state index in [9.17, 15) is 18.0 Å². The number of alkyl halides is 3. The third-order valence-electron chi connectivity index (χ3n) is 5.43. The summed E-state index contributed by atoms with van der Waals surface area (Å²) in [5.74, 6) is -0.356. The number of amides is 1. The van der Waals surface area contributed by atoms with Gasteiger partial charge in [0.2, 0.25) is 5.91 Å². The molecule has 8 nitrogen and oxygen atoms in total. The fourth-order valence-electron chi connectivity index (χ4n) is 3.60. The van der Waals surface area contributed by atoms with Crippen LogP contribution in [0.4, 0.5) is 18.9 Å². The maximum Gasteiger partial charge on any atom is 0.490 e. The maximum atomic E-state index is 12.5. The van der Waals surface area contributed by atoms with Crippen molar-refractivity contribution in [2.75, 3.05) is 18.6 Å². The molecule has 196 valence electrons. The van der Waals surface area contributed by atoms with E-state index in [4.69, 9.17) is 19.4 Å². The van der Waals surface area contributed by atoms with Crippen molar-refractivity contribution < 1.29 is 37.3 Å². The van der Waals surface area contributed by atoms with Crippen LogP contribution in [0.3, 0.4) is 0 Å². The number of hydrogen-bond donors (Lipinski definition) is 2. The number of nitrogens with one attached hydrogen (secondary N) is 1. The Kier molecular flexibility index (Phi) is 9.07. The lowest BCUT2D eigenvalue weighted by Crippen LogP contribution is -2.32. The smallest absolute Gasteiger partial charge is 0.490 e. The third kappa shape index (κ3) is 7.94. The van der Waals surface area contributed by atoms with Gasteiger partial charge in [-0.3, -0.25) is 9.78 Å². The molecule has 0 spiro atoms. The Hall–Kier alpha value is -4.12. The Bertz CT molecular complexity index is 1220. The molecule has 2 heterocycles. The average molecular weight is 518 g/mol. The number of hydrogen-bond acceptors (Lipinski definition) is 6. The van der Waals surface area contributed by atoms with Crippen molar-refractivity contribution in [2.24, 2.45) is 0 Å². The number of pyridine rings is 1. The van der Waals surface area contributed by atoms with Crippen LogP contribution in [0.2, 0.25) is 0 Å². The van der Waals surface area contributed by atoms with Gasteiger partial charge in [-0.15, -0.1) is 0 Å². The molecule has 0 bridgehead atoms. The number of halogens is 3. The molecule has 2 aromatic carbocycles. The summed E-state index contributed by atoms with van der Waals surface area (Å²) in [7, 11) is 1.63. The van der Waals surface area contributed by atoms with Crippen LogP contribution in [0.5, 0.6) is 17.2 Å². The lowest BCUT2D eigenvalue weighted by Gasteiger charge is -2.18. The first-order valence-corrected chi connectivity index (χ1v) is 11.2. The Labute approximate surface area is 211 Å². The van der Waals surface area contributed by atoms with Crippen molar-refractivity contribution in [1.29, 1.82) is 0 Å². The van der Waals surface area contributed by atoms with Gasteiger partial charge in [-0.1, -0.05) is 18.2 Å². The summed E-state index contributed by atoms with van der Waals surface area (Å²) in [6, 6.07) is 17.6. The Morgan fingerprint density at radius 2 is 1.89 bits per heavy atom. The summed E-state index contributed by atoms with van der Waals surface area (Å²) in [5, 5.41) is 10.6. The number of carbonyl (C=O) groups is 2. The summed E-state index contributed by atoms with van der Waals surface area (Å²) in [5.41, 5.74) is 3.08. The van der Waals surface area contributed by atoms with E-state index in [1.165, 1.54) is 0 Å². The highest BCUT2D eigenvalue weighted by atomic mass is 19.4. The minimum Gasteiger partial charge on any atom is -0.497 e. The largest absolute Gasteiger partial charge is 0.497 e. The number of benzene rings is 2. The fraction of sp³-hybridized carbons (Fsp3) is 0.269. The second kappa shape index (κ2) is 12.2. The summed E-state index contributed by atoms with van der Waals surface area (Å²) in [4.78, 5) is 27.3. The number of methoxy groups -OCH3 is 1. The SMILES string of the molecule is COc1cccc(N2CC(NCc3ccc(Oc4cccnc4)c(C)c3)CC2=O)c1.O=C(O)C(F)(F)F. The molecule has 1 aliphatic rings. The molecule has 0 aliphatic carbocycles. The molecule has 1 aliphatic heterocycles. The number of aromatic nitrogens is 1. The minimum absolute atomic E-state index is 0.107. The number of ether oxygens (including phenoxy) is 2. The Morgan fingerprint density at radius 1 is 1.16 bits per heavy atom. The molecule has 4 rings (SSSR count). The van der Waals surface area contributed by atoms with Crippen molar-refractivity contribution in [3.05, 3.63) is 78.1 Å². The molecule has 3 aromatic rings. The van der Waals surface area contributed by atoms with Crippen LogP contribution < -0.4 is 19.7 Å². The van der Waals surface area contributed by atoms with Gasteiger partial charge in [0.1, 0.15) is 17.2 Å². The molecular weight excluding hydrogens is 491 g/mol. The van der Waals surface area contributed by atoms with Gasteiger partial charge in [-0.05, 0) is 48.4 Å². The molecule has 37 heavy (non-hydrogen) atoms. The normalized spacial score (nSPS) is 15.1. The number of nitrogens with zero attached hydrogens (tertiary/aromatic N) is 2. The number of carboxylic acid groups (broad SMARTS) is 1. The van der Waals surface area contributed by atoms with Gasteiger partial charge in [-0.2, -0.15) is 13.2 Å². The van der Waals surface area contributed by atoms with Gasteiger partial charge in [0.25, 0.3) is 0 Å². The molecule has 0 radical (unpaired) electrons. The second-order valence-corrected chi connectivity index (χ2v) is 8.18. The standard InChI is InChI=1S/C24H25N3O3.C2HF3O2/c1-17-11-18(8-9-23(17)30-22-7-4-10-25-15-22)14-26-19-12-24(28)27(16-19)20-5-3-6-21(13-20)29-2;3-2(4,5)1(6)7/h3-11,13,15,19,26H,12,14,16H2,1-2H3;(H,6,7). The van der Waals surface area contributed by atoms with Crippen LogP contribution in [-0.2, 0) is 16.1 Å². The quantitative estimate of drug-likeness (QED) is 0.468. The number of rotatable bonds is 7. The highest BCUT2D eigenvalue weighted by Crippen LogP contribution is 2.27. The minimum atomic E-state index is -5.08. The van der Waals surface area contributed by atoms with E-state index in [2.05, 4.69) is 16.4 Å². The zero-order valence-corrected chi connectivity index (χ0v) is 20.2. The summed E-state index contributed by atoms with van der Waals surface area (Å²) < 4.78 is 42.9. The molecular formula is C26H26F3N3O5. The lowest BCUT2D eigenvalue weighted by atomic mass is 10.1. The lowest BCUT2D eigenvalue weighted by molar-refractivity contribution is -0.192. The van der Waals surface area contributed by atoms with Crippen LogP contribution in [0, 0.1) is 6.92 Å². The van der Waals surface area contributed by atoms with Crippen LogP contribution in [-0.4, -0.2) is 47.8 Å². The van der Waals surface area contributed by atoms with Gasteiger partial charge in [0, 0.05) is 43.5 Å². The molecule has 1 aromatic heterocycles. The Balaban J connectivity index is 0.000000479. The third-order valence-corrected chi connectivity index (χ3v) is 5.43. The van der Waals surface area contributed by atoms with E-state index in [0.29, 0.717) is 25.3 Å². The van der Waals surface area contributed by atoms with E-state index in [-0.39, 0.29) is 11.9 Å². The van der Waals surface area contributed by atoms with E-state index < -0.39 is 12.1 Å². The first kappa shape index (κ1) is 27.5. The molecule has 1 unspecified atom stereocenters. The van der Waals surface area contributed by atoms with Crippen molar-refractivity contribution in [3.8, 4) is 17.2 Å². The monoisotopic (exact) mass is 517 g/mol. The number of aryl methyl sites for hydroxylation is 1. The summed E-state index contributed by atoms with van der Waals surface area (Å²) in [6.45, 7) is 3.36. The average Bonchev–Trinajstić information content (AvgIpc) is 3.25.